The van der Waals surface area contributed by atoms with E-state index in [1.54, 1.807) is 16.9 Å². The van der Waals surface area contributed by atoms with Gasteiger partial charge in [-0.3, -0.25) is 24.0 Å². The number of aromatic nitrogens is 1. The number of hydrogen-bond donors (Lipinski definition) is 2. The highest BCUT2D eigenvalue weighted by Gasteiger charge is 2.46. The Labute approximate surface area is 236 Å². The fourth-order valence-corrected chi connectivity index (χ4v) is 6.17. The number of nitrogens with zero attached hydrogens (tertiary/aromatic N) is 3. The highest BCUT2D eigenvalue weighted by Crippen LogP contribution is 2.29. The second-order valence-corrected chi connectivity index (χ2v) is 11.2. The Morgan fingerprint density at radius 3 is 2.70 bits per heavy atom. The molecule has 3 heterocycles. The molecule has 1 aromatic carbocycles. The van der Waals surface area contributed by atoms with Crippen molar-refractivity contribution in [2.45, 2.75) is 63.1 Å². The first-order chi connectivity index (χ1) is 19.3. The van der Waals surface area contributed by atoms with Crippen LogP contribution in [0.1, 0.15) is 52.3 Å². The number of carboxylic acids is 1. The first-order valence-corrected chi connectivity index (χ1v) is 14.2. The number of benzene rings is 1. The molecule has 0 radical (unpaired) electrons. The van der Waals surface area contributed by atoms with E-state index in [9.17, 15) is 24.0 Å². The summed E-state index contributed by atoms with van der Waals surface area (Å²) in [5.41, 5.74) is 1.06. The summed E-state index contributed by atoms with van der Waals surface area (Å²) in [6.45, 7) is 0.701. The molecule has 12 heteroatoms. The number of aliphatic carboxylic acids is 1. The summed E-state index contributed by atoms with van der Waals surface area (Å²) in [6, 6.07) is 7.84. The third-order valence-corrected chi connectivity index (χ3v) is 8.25. The van der Waals surface area contributed by atoms with Crippen LogP contribution in [0.15, 0.2) is 36.5 Å². The number of amides is 3. The van der Waals surface area contributed by atoms with Crippen LogP contribution in [0.2, 0.25) is 0 Å². The van der Waals surface area contributed by atoms with E-state index in [4.69, 9.17) is 9.84 Å². The molecule has 11 nitrogen and oxygen atoms in total. The van der Waals surface area contributed by atoms with E-state index >= 15 is 0 Å². The maximum atomic E-state index is 13.4. The number of fused-ring (bicyclic) bond motifs is 1. The number of ketones is 1. The fourth-order valence-electron chi connectivity index (χ4n) is 5.27. The molecule has 40 heavy (non-hydrogen) atoms. The molecule has 2 saturated heterocycles. The molecule has 0 saturated carbocycles. The Bertz CT molecular complexity index is 1230. The minimum absolute atomic E-state index is 0.0738. The largest absolute Gasteiger partial charge is 0.481 e. The van der Waals surface area contributed by atoms with Gasteiger partial charge in [-0.05, 0) is 37.7 Å². The van der Waals surface area contributed by atoms with E-state index in [0.717, 1.165) is 16.9 Å². The lowest BCUT2D eigenvalue weighted by Gasteiger charge is -2.39. The number of methoxy groups -OCH3 is 1. The number of nitrogens with one attached hydrogen (secondary N) is 1. The molecular weight excluding hydrogens is 536 g/mol. The Hall–Kier alpha value is -3.64. The molecule has 2 aromatic rings. The molecule has 3 atom stereocenters. The summed E-state index contributed by atoms with van der Waals surface area (Å²) in [5, 5.41) is 12.0. The maximum Gasteiger partial charge on any atom is 0.308 e. The number of carbonyl (C=O) groups excluding carboxylic acids is 4. The highest BCUT2D eigenvalue weighted by atomic mass is 32.1. The van der Waals surface area contributed by atoms with Crippen molar-refractivity contribution in [3.63, 3.8) is 0 Å². The van der Waals surface area contributed by atoms with Gasteiger partial charge in [0.25, 0.3) is 0 Å². The van der Waals surface area contributed by atoms with Crippen LogP contribution in [-0.2, 0) is 36.8 Å². The van der Waals surface area contributed by atoms with Gasteiger partial charge >= 0.3 is 5.97 Å². The minimum atomic E-state index is -1.02. The summed E-state index contributed by atoms with van der Waals surface area (Å²) in [4.78, 5) is 71.3. The predicted octanol–water partition coefficient (Wildman–Crippen LogP) is 1.70. The average molecular weight is 571 g/mol. The summed E-state index contributed by atoms with van der Waals surface area (Å²) in [5.74, 6) is -2.20. The molecule has 2 aliphatic rings. The van der Waals surface area contributed by atoms with Crippen LogP contribution in [0.25, 0.3) is 0 Å². The molecule has 0 spiro atoms. The van der Waals surface area contributed by atoms with Crippen molar-refractivity contribution in [2.75, 3.05) is 26.8 Å². The van der Waals surface area contributed by atoms with Gasteiger partial charge in [-0.25, -0.2) is 4.98 Å². The standard InChI is InChI=1S/C28H34N4O7S/c1-39-13-5-8-21(26(37)28-29-15-20(40-28)14-25(35)36)30-27(38)22-11-10-19-16-31(17-24(34)32(19)22)23(33)12-9-18-6-3-2-4-7-18/h2-4,6-7,15,19,21-22H,5,8-14,16-17H2,1H3,(H,30,38)(H,35,36). The highest BCUT2D eigenvalue weighted by molar-refractivity contribution is 7.13. The van der Waals surface area contributed by atoms with E-state index in [1.807, 2.05) is 30.3 Å². The molecule has 4 rings (SSSR count). The maximum absolute atomic E-state index is 13.4. The smallest absolute Gasteiger partial charge is 0.308 e. The zero-order valence-corrected chi connectivity index (χ0v) is 23.2. The topological polar surface area (TPSA) is 146 Å². The molecule has 214 valence electrons. The summed E-state index contributed by atoms with van der Waals surface area (Å²) >= 11 is 0.994. The number of Topliss-reactive ketones (excluding diaryl/α,β-unsaturated/α-hetero) is 1. The van der Waals surface area contributed by atoms with E-state index < -0.39 is 29.7 Å². The molecule has 1 aromatic heterocycles. The molecule has 3 amide bonds. The second-order valence-electron chi connectivity index (χ2n) is 10.1. The number of thiazole rings is 1. The first kappa shape index (κ1) is 29.3. The SMILES string of the molecule is COCCCC(NC(=O)C1CCC2CN(C(=O)CCc3ccccc3)CC(=O)N21)C(=O)c1ncc(CC(=O)O)s1. The normalized spacial score (nSPS) is 19.3. The second kappa shape index (κ2) is 13.6. The Kier molecular flexibility index (Phi) is 9.99. The van der Waals surface area contributed by atoms with Crippen molar-refractivity contribution >= 4 is 40.8 Å². The van der Waals surface area contributed by atoms with Gasteiger partial charge in [-0.1, -0.05) is 30.3 Å². The Morgan fingerprint density at radius 1 is 1.20 bits per heavy atom. The van der Waals surface area contributed by atoms with Gasteiger partial charge in [0.15, 0.2) is 5.01 Å². The van der Waals surface area contributed by atoms with E-state index in [1.165, 1.54) is 6.20 Å². The van der Waals surface area contributed by atoms with Crippen LogP contribution in [0, 0.1) is 0 Å². The van der Waals surface area contributed by atoms with Crippen LogP contribution in [-0.4, -0.2) is 94.3 Å². The quantitative estimate of drug-likeness (QED) is 0.273. The summed E-state index contributed by atoms with van der Waals surface area (Å²) in [6.07, 6.45) is 3.87. The number of aryl methyl sites for hydroxylation is 1. The molecular formula is C28H34N4O7S. The Morgan fingerprint density at radius 2 is 1.98 bits per heavy atom. The van der Waals surface area contributed by atoms with Crippen LogP contribution >= 0.6 is 11.3 Å². The van der Waals surface area contributed by atoms with Crippen molar-refractivity contribution in [3.8, 4) is 0 Å². The lowest BCUT2D eigenvalue weighted by Crippen LogP contribution is -2.60. The van der Waals surface area contributed by atoms with Gasteiger partial charge in [-0.2, -0.15) is 0 Å². The van der Waals surface area contributed by atoms with Gasteiger partial charge in [0.1, 0.15) is 6.04 Å². The van der Waals surface area contributed by atoms with Crippen LogP contribution < -0.4 is 5.32 Å². The van der Waals surface area contributed by atoms with Crippen LogP contribution in [0.3, 0.4) is 0 Å². The van der Waals surface area contributed by atoms with Crippen molar-refractivity contribution < 1.29 is 33.8 Å². The lowest BCUT2D eigenvalue weighted by molar-refractivity contribution is -0.151. The lowest BCUT2D eigenvalue weighted by atomic mass is 10.1. The zero-order chi connectivity index (χ0) is 28.6. The third-order valence-electron chi connectivity index (χ3n) is 7.24. The van der Waals surface area contributed by atoms with Gasteiger partial charge < -0.3 is 25.0 Å². The van der Waals surface area contributed by atoms with E-state index in [2.05, 4.69) is 10.3 Å². The van der Waals surface area contributed by atoms with Gasteiger partial charge in [0, 0.05) is 37.8 Å². The molecule has 3 unspecified atom stereocenters. The first-order valence-electron chi connectivity index (χ1n) is 13.4. The summed E-state index contributed by atoms with van der Waals surface area (Å²) in [7, 11) is 1.55. The molecule has 2 aliphatic heterocycles. The van der Waals surface area contributed by atoms with Gasteiger partial charge in [-0.15, -0.1) is 11.3 Å². The van der Waals surface area contributed by atoms with E-state index in [0.29, 0.717) is 56.6 Å². The van der Waals surface area contributed by atoms with Crippen LogP contribution in [0.4, 0.5) is 0 Å². The number of rotatable bonds is 13. The minimum Gasteiger partial charge on any atom is -0.481 e. The Balaban J connectivity index is 1.37. The van der Waals surface area contributed by atoms with Gasteiger partial charge in [0.05, 0.1) is 25.0 Å². The molecule has 0 aliphatic carbocycles. The number of ether oxygens (including phenoxy) is 1. The molecule has 2 N–H and O–H groups in total. The van der Waals surface area contributed by atoms with Crippen molar-refractivity contribution in [3.05, 3.63) is 52.0 Å². The number of carboxylic acid groups (broad SMARTS) is 1. The molecule has 2 fully saturated rings. The molecule has 0 bridgehead atoms. The number of piperazine rings is 1. The number of carbonyl (C=O) groups is 5. The monoisotopic (exact) mass is 570 g/mol. The third kappa shape index (κ3) is 7.30. The van der Waals surface area contributed by atoms with E-state index in [-0.39, 0.29) is 35.8 Å². The average Bonchev–Trinajstić information content (AvgIpc) is 3.58. The van der Waals surface area contributed by atoms with Crippen molar-refractivity contribution in [2.24, 2.45) is 0 Å². The van der Waals surface area contributed by atoms with Crippen LogP contribution in [0.5, 0.6) is 0 Å². The van der Waals surface area contributed by atoms with Crippen molar-refractivity contribution in [1.82, 2.24) is 20.1 Å². The summed E-state index contributed by atoms with van der Waals surface area (Å²) < 4.78 is 5.10. The number of hydrogen-bond acceptors (Lipinski definition) is 8. The predicted molar refractivity (Wildman–Crippen MR) is 146 cm³/mol. The van der Waals surface area contributed by atoms with Gasteiger partial charge in [0.2, 0.25) is 23.5 Å². The van der Waals surface area contributed by atoms with Crippen molar-refractivity contribution in [1.29, 1.82) is 0 Å². The zero-order valence-electron chi connectivity index (χ0n) is 22.4. The fraction of sp³-hybridized carbons (Fsp3) is 0.500.